The lowest BCUT2D eigenvalue weighted by molar-refractivity contribution is 0.208. The molecule has 0 aliphatic carbocycles. The molecule has 0 radical (unpaired) electrons. The molecule has 0 unspecified atom stereocenters. The van der Waals surface area contributed by atoms with Gasteiger partial charge in [-0.2, -0.15) is 0 Å². The third-order valence-corrected chi connectivity index (χ3v) is 5.06. The predicted octanol–water partition coefficient (Wildman–Crippen LogP) is 4.19. The summed E-state index contributed by atoms with van der Waals surface area (Å²) in [6.45, 7) is 6.69. The van der Waals surface area contributed by atoms with E-state index >= 15 is 0 Å². The highest BCUT2D eigenvalue weighted by Crippen LogP contribution is 2.21. The molecule has 1 aliphatic rings. The van der Waals surface area contributed by atoms with E-state index in [1.807, 2.05) is 60.4 Å². The van der Waals surface area contributed by atoms with Gasteiger partial charge in [0.05, 0.1) is 0 Å². The smallest absolute Gasteiger partial charge is 0.321 e. The van der Waals surface area contributed by atoms with Crippen molar-refractivity contribution in [2.45, 2.75) is 13.8 Å². The van der Waals surface area contributed by atoms with Gasteiger partial charge in [0, 0.05) is 43.6 Å². The van der Waals surface area contributed by atoms with Crippen LogP contribution in [0.15, 0.2) is 60.7 Å². The van der Waals surface area contributed by atoms with Crippen LogP contribution in [-0.2, 0) is 0 Å². The fraction of sp³-hybridized carbons (Fsp3) is 0.261. The zero-order valence-electron chi connectivity index (χ0n) is 17.3. The van der Waals surface area contributed by atoms with E-state index in [0.717, 1.165) is 36.1 Å². The molecule has 1 aliphatic heterocycles. The second kappa shape index (κ2) is 8.82. The quantitative estimate of drug-likeness (QED) is 0.685. The molecule has 2 N–H and O–H groups in total. The van der Waals surface area contributed by atoms with E-state index in [1.165, 1.54) is 5.56 Å². The fourth-order valence-corrected chi connectivity index (χ4v) is 3.43. The fourth-order valence-electron chi connectivity index (χ4n) is 3.43. The number of piperazine rings is 1. The van der Waals surface area contributed by atoms with Gasteiger partial charge in [0.1, 0.15) is 17.5 Å². The molecule has 2 aromatic carbocycles. The van der Waals surface area contributed by atoms with Crippen LogP contribution in [0.2, 0.25) is 0 Å². The van der Waals surface area contributed by atoms with Crippen molar-refractivity contribution >= 4 is 29.0 Å². The summed E-state index contributed by atoms with van der Waals surface area (Å²) in [5, 5.41) is 6.30. The summed E-state index contributed by atoms with van der Waals surface area (Å²) in [5.74, 6) is 2.36. The first-order chi connectivity index (χ1) is 14.6. The van der Waals surface area contributed by atoms with Crippen LogP contribution in [0, 0.1) is 13.8 Å². The van der Waals surface area contributed by atoms with Gasteiger partial charge in [0.2, 0.25) is 0 Å². The molecule has 3 aromatic rings. The maximum atomic E-state index is 12.5. The summed E-state index contributed by atoms with van der Waals surface area (Å²) < 4.78 is 0. The number of aromatic nitrogens is 2. The van der Waals surface area contributed by atoms with Gasteiger partial charge < -0.3 is 20.4 Å². The van der Waals surface area contributed by atoms with E-state index in [-0.39, 0.29) is 6.03 Å². The maximum absolute atomic E-state index is 12.5. The molecule has 4 rings (SSSR count). The van der Waals surface area contributed by atoms with E-state index in [9.17, 15) is 4.79 Å². The first kappa shape index (κ1) is 19.7. The molecule has 0 atom stereocenters. The molecule has 7 heteroatoms. The normalized spacial score (nSPS) is 13.8. The lowest BCUT2D eigenvalue weighted by atomic mass is 10.2. The summed E-state index contributed by atoms with van der Waals surface area (Å²) in [5.41, 5.74) is 3.02. The number of carbonyl (C=O) groups is 1. The van der Waals surface area contributed by atoms with Crippen LogP contribution in [0.4, 0.5) is 27.8 Å². The lowest BCUT2D eigenvalue weighted by Crippen LogP contribution is -2.50. The molecule has 1 aromatic heterocycles. The van der Waals surface area contributed by atoms with E-state index in [0.29, 0.717) is 18.9 Å². The Morgan fingerprint density at radius 2 is 1.57 bits per heavy atom. The van der Waals surface area contributed by atoms with Crippen LogP contribution in [0.5, 0.6) is 0 Å². The molecular formula is C23H26N6O. The highest BCUT2D eigenvalue weighted by molar-refractivity contribution is 5.89. The van der Waals surface area contributed by atoms with E-state index in [4.69, 9.17) is 0 Å². The topological polar surface area (TPSA) is 73.4 Å². The predicted molar refractivity (Wildman–Crippen MR) is 120 cm³/mol. The van der Waals surface area contributed by atoms with Crippen LogP contribution < -0.4 is 15.5 Å². The van der Waals surface area contributed by atoms with Crippen molar-refractivity contribution in [3.63, 3.8) is 0 Å². The Kier molecular flexibility index (Phi) is 5.79. The number of nitrogens with one attached hydrogen (secondary N) is 2. The molecular weight excluding hydrogens is 376 g/mol. The highest BCUT2D eigenvalue weighted by Gasteiger charge is 2.22. The summed E-state index contributed by atoms with van der Waals surface area (Å²) in [7, 11) is 0. The number of hydrogen-bond acceptors (Lipinski definition) is 5. The van der Waals surface area contributed by atoms with Gasteiger partial charge in [-0.3, -0.25) is 0 Å². The van der Waals surface area contributed by atoms with Gasteiger partial charge in [-0.05, 0) is 38.1 Å². The van der Waals surface area contributed by atoms with Crippen molar-refractivity contribution in [3.8, 4) is 0 Å². The number of anilines is 4. The maximum Gasteiger partial charge on any atom is 0.321 e. The minimum absolute atomic E-state index is 0.0681. The van der Waals surface area contributed by atoms with Gasteiger partial charge in [0.15, 0.2) is 0 Å². The number of carbonyl (C=O) groups excluding carboxylic acids is 1. The largest absolute Gasteiger partial charge is 0.353 e. The molecule has 154 valence electrons. The number of nitrogens with zero attached hydrogens (tertiary/aromatic N) is 4. The average molecular weight is 403 g/mol. The number of rotatable bonds is 4. The Hall–Kier alpha value is -3.61. The molecule has 7 nitrogen and oxygen atoms in total. The van der Waals surface area contributed by atoms with Crippen LogP contribution in [0.1, 0.15) is 11.4 Å². The van der Waals surface area contributed by atoms with E-state index < -0.39 is 0 Å². The van der Waals surface area contributed by atoms with Gasteiger partial charge in [-0.15, -0.1) is 0 Å². The zero-order chi connectivity index (χ0) is 20.9. The molecule has 0 bridgehead atoms. The molecule has 2 amide bonds. The first-order valence-electron chi connectivity index (χ1n) is 10.1. The van der Waals surface area contributed by atoms with Crippen molar-refractivity contribution in [3.05, 3.63) is 72.1 Å². The monoisotopic (exact) mass is 402 g/mol. The Morgan fingerprint density at radius 1 is 0.867 bits per heavy atom. The Balaban J connectivity index is 1.38. The minimum Gasteiger partial charge on any atom is -0.353 e. The second-order valence-electron chi connectivity index (χ2n) is 7.42. The summed E-state index contributed by atoms with van der Waals surface area (Å²) in [4.78, 5) is 25.7. The number of para-hydroxylation sites is 1. The zero-order valence-corrected chi connectivity index (χ0v) is 17.3. The summed E-state index contributed by atoms with van der Waals surface area (Å²) in [6.07, 6.45) is 0. The van der Waals surface area contributed by atoms with Gasteiger partial charge in [-0.25, -0.2) is 14.8 Å². The first-order valence-corrected chi connectivity index (χ1v) is 10.1. The van der Waals surface area contributed by atoms with Crippen LogP contribution >= 0.6 is 0 Å². The van der Waals surface area contributed by atoms with Gasteiger partial charge in [0.25, 0.3) is 0 Å². The Morgan fingerprint density at radius 3 is 2.27 bits per heavy atom. The van der Waals surface area contributed by atoms with Crippen molar-refractivity contribution in [2.75, 3.05) is 41.7 Å². The number of aryl methyl sites for hydroxylation is 2. The molecule has 0 saturated carbocycles. The van der Waals surface area contributed by atoms with Crippen LogP contribution in [0.25, 0.3) is 0 Å². The van der Waals surface area contributed by atoms with Crippen molar-refractivity contribution < 1.29 is 4.79 Å². The Labute approximate surface area is 176 Å². The molecule has 30 heavy (non-hydrogen) atoms. The van der Waals surface area contributed by atoms with Crippen LogP contribution in [0.3, 0.4) is 0 Å². The van der Waals surface area contributed by atoms with Gasteiger partial charge in [-0.1, -0.05) is 35.9 Å². The van der Waals surface area contributed by atoms with Crippen molar-refractivity contribution in [1.29, 1.82) is 0 Å². The Bertz CT molecular complexity index is 998. The van der Waals surface area contributed by atoms with Crippen molar-refractivity contribution in [1.82, 2.24) is 14.9 Å². The third-order valence-electron chi connectivity index (χ3n) is 5.06. The number of urea groups is 1. The number of amides is 2. The highest BCUT2D eigenvalue weighted by atomic mass is 16.2. The molecule has 1 fully saturated rings. The summed E-state index contributed by atoms with van der Waals surface area (Å²) in [6, 6.07) is 19.6. The van der Waals surface area contributed by atoms with Gasteiger partial charge >= 0.3 is 6.03 Å². The summed E-state index contributed by atoms with van der Waals surface area (Å²) >= 11 is 0. The number of benzene rings is 2. The number of hydrogen-bond donors (Lipinski definition) is 2. The average Bonchev–Trinajstić information content (AvgIpc) is 2.76. The van der Waals surface area contributed by atoms with E-state index in [1.54, 1.807) is 0 Å². The van der Waals surface area contributed by atoms with Crippen LogP contribution in [-0.4, -0.2) is 47.1 Å². The third kappa shape index (κ3) is 4.86. The molecule has 2 heterocycles. The SMILES string of the molecule is Cc1ccc(Nc2cc(N3CCN(C(=O)Nc4ccccc4)CC3)nc(C)n2)cc1. The molecule has 0 spiro atoms. The lowest BCUT2D eigenvalue weighted by Gasteiger charge is -2.35. The minimum atomic E-state index is -0.0681. The second-order valence-corrected chi connectivity index (χ2v) is 7.42. The van der Waals surface area contributed by atoms with Crippen molar-refractivity contribution in [2.24, 2.45) is 0 Å². The standard InChI is InChI=1S/C23H26N6O/c1-17-8-10-20(11-9-17)26-21-16-22(25-18(2)24-21)28-12-14-29(15-13-28)23(30)27-19-6-4-3-5-7-19/h3-11,16H,12-15H2,1-2H3,(H,27,30)(H,24,25,26). The molecule has 1 saturated heterocycles. The van der Waals surface area contributed by atoms with E-state index in [2.05, 4.69) is 44.6 Å².